The van der Waals surface area contributed by atoms with Crippen molar-refractivity contribution in [2.24, 2.45) is 0 Å². The smallest absolute Gasteiger partial charge is 0.160 e. The van der Waals surface area contributed by atoms with E-state index in [9.17, 15) is 17.6 Å². The Balaban J connectivity index is 2.48. The molecular formula is C16H20FNO3S. The molecular weight excluding hydrogens is 305 g/mol. The Morgan fingerprint density at radius 1 is 1.36 bits per heavy atom. The second-order valence-corrected chi connectivity index (χ2v) is 8.55. The highest BCUT2D eigenvalue weighted by molar-refractivity contribution is 7.92. The van der Waals surface area contributed by atoms with Gasteiger partial charge in [0.1, 0.15) is 11.8 Å². The topological polar surface area (TPSA) is 63.2 Å². The summed E-state index contributed by atoms with van der Waals surface area (Å²) in [7, 11) is -3.44. The maximum absolute atomic E-state index is 13.3. The summed E-state index contributed by atoms with van der Waals surface area (Å²) in [5, 5.41) is 1.76. The maximum Gasteiger partial charge on any atom is 0.160 e. The molecule has 6 heteroatoms. The van der Waals surface area contributed by atoms with Crippen molar-refractivity contribution in [2.45, 2.75) is 43.7 Å². The molecule has 0 saturated carbocycles. The molecule has 0 aromatic heterocycles. The van der Waals surface area contributed by atoms with Crippen LogP contribution >= 0.6 is 0 Å². The molecule has 2 unspecified atom stereocenters. The zero-order valence-corrected chi connectivity index (χ0v) is 13.7. The minimum Gasteiger partial charge on any atom is -0.306 e. The van der Waals surface area contributed by atoms with Crippen molar-refractivity contribution >= 4 is 15.8 Å². The number of sulfone groups is 1. The molecule has 2 atom stereocenters. The lowest BCUT2D eigenvalue weighted by Crippen LogP contribution is -2.43. The largest absolute Gasteiger partial charge is 0.306 e. The first-order valence-corrected chi connectivity index (χ1v) is 8.87. The fraction of sp³-hybridized carbons (Fsp3) is 0.500. The van der Waals surface area contributed by atoms with Gasteiger partial charge in [0.25, 0.3) is 0 Å². The van der Waals surface area contributed by atoms with Crippen LogP contribution in [-0.4, -0.2) is 31.4 Å². The van der Waals surface area contributed by atoms with Crippen LogP contribution < -0.4 is 5.32 Å². The van der Waals surface area contributed by atoms with Gasteiger partial charge in [-0.25, -0.2) is 17.6 Å². The Labute approximate surface area is 130 Å². The molecule has 4 nitrogen and oxygen atoms in total. The standard InChI is InChI=1S/C16H20FNO3S/c1-10(2)22(20,21)15-6-7-18-16(14(15)9-19)13-5-4-12(17)8-11(13)3/h4-5,8,10,15-16,18H,6-7H2,1-3H3. The molecule has 1 saturated heterocycles. The Morgan fingerprint density at radius 3 is 2.59 bits per heavy atom. The van der Waals surface area contributed by atoms with Gasteiger partial charge in [-0.15, -0.1) is 0 Å². The van der Waals surface area contributed by atoms with Crippen LogP contribution in [0.1, 0.15) is 37.4 Å². The van der Waals surface area contributed by atoms with Gasteiger partial charge in [0, 0.05) is 0 Å². The molecule has 1 N–H and O–H groups in total. The molecule has 1 aliphatic heterocycles. The van der Waals surface area contributed by atoms with Gasteiger partial charge in [0.05, 0.1) is 22.1 Å². The molecule has 120 valence electrons. The van der Waals surface area contributed by atoms with Crippen LogP contribution in [0, 0.1) is 12.7 Å². The van der Waals surface area contributed by atoms with E-state index in [4.69, 9.17) is 0 Å². The molecule has 1 heterocycles. The summed E-state index contributed by atoms with van der Waals surface area (Å²) in [4.78, 5) is 11.5. The predicted octanol–water partition coefficient (Wildman–Crippen LogP) is 2.12. The Hall–Kier alpha value is -1.49. The molecule has 0 amide bonds. The first-order chi connectivity index (χ1) is 10.3. The van der Waals surface area contributed by atoms with Crippen molar-refractivity contribution in [3.63, 3.8) is 0 Å². The summed E-state index contributed by atoms with van der Waals surface area (Å²) in [5.74, 6) is 1.48. The SMILES string of the molecule is Cc1cc(F)ccc1C1NCCC(S(=O)(=O)C(C)C)C1=C=O. The molecule has 0 spiro atoms. The van der Waals surface area contributed by atoms with Crippen LogP contribution in [0.5, 0.6) is 0 Å². The highest BCUT2D eigenvalue weighted by Crippen LogP contribution is 2.34. The van der Waals surface area contributed by atoms with Gasteiger partial charge in [-0.1, -0.05) is 6.07 Å². The van der Waals surface area contributed by atoms with Crippen LogP contribution in [0.15, 0.2) is 23.8 Å². The average Bonchev–Trinajstić information content (AvgIpc) is 2.46. The van der Waals surface area contributed by atoms with Gasteiger partial charge in [0.2, 0.25) is 0 Å². The van der Waals surface area contributed by atoms with Crippen molar-refractivity contribution in [1.29, 1.82) is 0 Å². The number of piperidine rings is 1. The first-order valence-electron chi connectivity index (χ1n) is 7.26. The summed E-state index contributed by atoms with van der Waals surface area (Å²) in [6, 6.07) is 3.74. The summed E-state index contributed by atoms with van der Waals surface area (Å²) in [5.41, 5.74) is 1.57. The predicted molar refractivity (Wildman–Crippen MR) is 83.5 cm³/mol. The van der Waals surface area contributed by atoms with Gasteiger partial charge in [-0.05, 0) is 57.0 Å². The third kappa shape index (κ3) is 3.00. The van der Waals surface area contributed by atoms with Gasteiger partial charge in [-0.2, -0.15) is 0 Å². The number of carbonyl (C=O) groups excluding carboxylic acids is 1. The van der Waals surface area contributed by atoms with Crippen LogP contribution in [-0.2, 0) is 14.6 Å². The normalized spacial score (nSPS) is 22.7. The van der Waals surface area contributed by atoms with Crippen LogP contribution in [0.2, 0.25) is 0 Å². The van der Waals surface area contributed by atoms with E-state index in [1.165, 1.54) is 12.1 Å². The summed E-state index contributed by atoms with van der Waals surface area (Å²) in [6.45, 7) is 5.43. The Kier molecular flexibility index (Phi) is 4.85. The molecule has 1 aromatic rings. The van der Waals surface area contributed by atoms with E-state index in [0.29, 0.717) is 24.1 Å². The summed E-state index contributed by atoms with van der Waals surface area (Å²) < 4.78 is 38.2. The van der Waals surface area contributed by atoms with Crippen molar-refractivity contribution < 1.29 is 17.6 Å². The van der Waals surface area contributed by atoms with Crippen molar-refractivity contribution in [3.8, 4) is 0 Å². The zero-order valence-electron chi connectivity index (χ0n) is 12.9. The minimum absolute atomic E-state index is 0.189. The van der Waals surface area contributed by atoms with E-state index in [1.54, 1.807) is 26.8 Å². The minimum atomic E-state index is -3.44. The highest BCUT2D eigenvalue weighted by atomic mass is 32.2. The zero-order chi connectivity index (χ0) is 16.5. The van der Waals surface area contributed by atoms with Crippen molar-refractivity contribution in [1.82, 2.24) is 5.32 Å². The first kappa shape index (κ1) is 16.9. The number of rotatable bonds is 3. The average molecular weight is 325 g/mol. The number of hydrogen-bond acceptors (Lipinski definition) is 4. The lowest BCUT2D eigenvalue weighted by atomic mass is 9.90. The Bertz CT molecular complexity index is 721. The molecule has 0 aliphatic carbocycles. The molecule has 2 rings (SSSR count). The second-order valence-electron chi connectivity index (χ2n) is 5.86. The summed E-state index contributed by atoms with van der Waals surface area (Å²) in [6.07, 6.45) is 0.349. The second kappa shape index (κ2) is 6.32. The monoisotopic (exact) mass is 325 g/mol. The fourth-order valence-corrected chi connectivity index (χ4v) is 4.49. The molecule has 1 aromatic carbocycles. The van der Waals surface area contributed by atoms with Crippen LogP contribution in [0.25, 0.3) is 0 Å². The number of aryl methyl sites for hydroxylation is 1. The lowest BCUT2D eigenvalue weighted by Gasteiger charge is -2.33. The Morgan fingerprint density at radius 2 is 2.05 bits per heavy atom. The van der Waals surface area contributed by atoms with Gasteiger partial charge >= 0.3 is 0 Å². The third-order valence-electron chi connectivity index (χ3n) is 4.13. The van der Waals surface area contributed by atoms with E-state index >= 15 is 0 Å². The molecule has 22 heavy (non-hydrogen) atoms. The van der Waals surface area contributed by atoms with Crippen molar-refractivity contribution in [2.75, 3.05) is 6.54 Å². The fourth-order valence-electron chi connectivity index (χ4n) is 2.85. The number of hydrogen-bond donors (Lipinski definition) is 1. The highest BCUT2D eigenvalue weighted by Gasteiger charge is 2.39. The number of benzene rings is 1. The maximum atomic E-state index is 13.3. The van der Waals surface area contributed by atoms with E-state index in [1.807, 2.05) is 5.94 Å². The van der Waals surface area contributed by atoms with E-state index in [2.05, 4.69) is 5.32 Å². The number of halogens is 1. The quantitative estimate of drug-likeness (QED) is 0.865. The molecule has 0 bridgehead atoms. The van der Waals surface area contributed by atoms with Crippen LogP contribution in [0.4, 0.5) is 4.39 Å². The number of nitrogens with one attached hydrogen (secondary N) is 1. The van der Waals surface area contributed by atoms with E-state index < -0.39 is 26.4 Å². The van der Waals surface area contributed by atoms with Gasteiger partial charge in [-0.3, -0.25) is 0 Å². The van der Waals surface area contributed by atoms with Crippen LogP contribution in [0.3, 0.4) is 0 Å². The third-order valence-corrected chi connectivity index (χ3v) is 6.72. The van der Waals surface area contributed by atoms with E-state index in [-0.39, 0.29) is 11.4 Å². The molecule has 1 fully saturated rings. The molecule has 0 radical (unpaired) electrons. The molecule has 1 aliphatic rings. The summed E-state index contributed by atoms with van der Waals surface area (Å²) >= 11 is 0. The van der Waals surface area contributed by atoms with Gasteiger partial charge < -0.3 is 5.32 Å². The van der Waals surface area contributed by atoms with E-state index in [0.717, 1.165) is 0 Å². The van der Waals surface area contributed by atoms with Gasteiger partial charge in [0.15, 0.2) is 9.84 Å². The lowest BCUT2D eigenvalue weighted by molar-refractivity contribution is 0.483. The van der Waals surface area contributed by atoms with Crippen molar-refractivity contribution in [3.05, 3.63) is 40.7 Å².